The highest BCUT2D eigenvalue weighted by molar-refractivity contribution is 6.34. The molecule has 0 fully saturated rings. The van der Waals surface area contributed by atoms with Crippen LogP contribution in [0.5, 0.6) is 5.75 Å². The van der Waals surface area contributed by atoms with Crippen LogP contribution in [-0.4, -0.2) is 12.4 Å². The highest BCUT2D eigenvalue weighted by Crippen LogP contribution is 2.33. The van der Waals surface area contributed by atoms with Crippen LogP contribution in [0.4, 0.5) is 0 Å². The largest absolute Gasteiger partial charge is 0.493 e. The number of benzene rings is 1. The Labute approximate surface area is 81.5 Å². The lowest BCUT2D eigenvalue weighted by atomic mass is 10.0. The van der Waals surface area contributed by atoms with Crippen LogP contribution < -0.4 is 4.74 Å². The number of carbonyl (C=O) groups excluding carboxylic acids is 1. The van der Waals surface area contributed by atoms with Gasteiger partial charge in [-0.05, 0) is 19.1 Å². The maximum absolute atomic E-state index is 11.3. The van der Waals surface area contributed by atoms with Crippen molar-refractivity contribution in [1.82, 2.24) is 0 Å². The zero-order chi connectivity index (χ0) is 9.42. The highest BCUT2D eigenvalue weighted by atomic mass is 35.5. The topological polar surface area (TPSA) is 26.3 Å². The molecule has 0 saturated heterocycles. The first-order valence-corrected chi connectivity index (χ1v) is 4.53. The van der Waals surface area contributed by atoms with Crippen molar-refractivity contribution in [3.05, 3.63) is 28.3 Å². The summed E-state index contributed by atoms with van der Waals surface area (Å²) in [5.41, 5.74) is 1.58. The molecule has 0 saturated carbocycles. The van der Waals surface area contributed by atoms with Crippen LogP contribution >= 0.6 is 11.6 Å². The summed E-state index contributed by atoms with van der Waals surface area (Å²) in [6, 6.07) is 3.53. The minimum atomic E-state index is 0.00681. The number of hydrogen-bond donors (Lipinski definition) is 0. The molecule has 1 aliphatic heterocycles. The summed E-state index contributed by atoms with van der Waals surface area (Å²) in [4.78, 5) is 11.3. The molecule has 3 heteroatoms. The molecule has 0 bridgehead atoms. The number of rotatable bonds is 1. The van der Waals surface area contributed by atoms with E-state index in [1.54, 1.807) is 6.07 Å². The van der Waals surface area contributed by atoms with E-state index in [2.05, 4.69) is 0 Å². The first-order valence-electron chi connectivity index (χ1n) is 4.15. The summed E-state index contributed by atoms with van der Waals surface area (Å²) in [5, 5.41) is 0.525. The van der Waals surface area contributed by atoms with Gasteiger partial charge in [-0.2, -0.15) is 0 Å². The summed E-state index contributed by atoms with van der Waals surface area (Å²) in [7, 11) is 0. The zero-order valence-electron chi connectivity index (χ0n) is 7.26. The second-order valence-electron chi connectivity index (χ2n) is 3.05. The van der Waals surface area contributed by atoms with E-state index < -0.39 is 0 Å². The first kappa shape index (κ1) is 8.57. The lowest BCUT2D eigenvalue weighted by Gasteiger charge is -2.05. The Morgan fingerprint density at radius 1 is 1.54 bits per heavy atom. The van der Waals surface area contributed by atoms with E-state index in [0.29, 0.717) is 17.2 Å². The summed E-state index contributed by atoms with van der Waals surface area (Å²) in [6.45, 7) is 2.18. The molecule has 2 rings (SSSR count). The van der Waals surface area contributed by atoms with Crippen LogP contribution in [0.3, 0.4) is 0 Å². The Balaban J connectivity index is 2.65. The van der Waals surface area contributed by atoms with Gasteiger partial charge in [-0.3, -0.25) is 4.79 Å². The molecule has 0 atom stereocenters. The fourth-order valence-corrected chi connectivity index (χ4v) is 1.94. The van der Waals surface area contributed by atoms with Gasteiger partial charge in [0, 0.05) is 17.5 Å². The molecule has 1 aromatic rings. The zero-order valence-corrected chi connectivity index (χ0v) is 8.02. The van der Waals surface area contributed by atoms with Crippen LogP contribution in [-0.2, 0) is 6.42 Å². The van der Waals surface area contributed by atoms with Crippen LogP contribution in [0, 0.1) is 0 Å². The fraction of sp³-hybridized carbons (Fsp3) is 0.300. The van der Waals surface area contributed by atoms with E-state index in [1.807, 2.05) is 6.07 Å². The van der Waals surface area contributed by atoms with E-state index >= 15 is 0 Å². The molecule has 2 nitrogen and oxygen atoms in total. The van der Waals surface area contributed by atoms with Gasteiger partial charge in [0.05, 0.1) is 11.6 Å². The van der Waals surface area contributed by atoms with Gasteiger partial charge >= 0.3 is 0 Å². The van der Waals surface area contributed by atoms with E-state index in [9.17, 15) is 4.79 Å². The van der Waals surface area contributed by atoms with Crippen molar-refractivity contribution in [3.8, 4) is 5.75 Å². The Hall–Kier alpha value is -1.02. The van der Waals surface area contributed by atoms with Crippen molar-refractivity contribution in [2.75, 3.05) is 6.61 Å². The molecule has 1 aliphatic rings. The SMILES string of the molecule is CC(=O)c1c(Cl)ccc2c1CCO2. The van der Waals surface area contributed by atoms with Crippen molar-refractivity contribution in [2.24, 2.45) is 0 Å². The second-order valence-corrected chi connectivity index (χ2v) is 3.46. The number of ether oxygens (including phenoxy) is 1. The van der Waals surface area contributed by atoms with Gasteiger partial charge in [0.25, 0.3) is 0 Å². The maximum Gasteiger partial charge on any atom is 0.161 e. The van der Waals surface area contributed by atoms with Crippen molar-refractivity contribution in [1.29, 1.82) is 0 Å². The van der Waals surface area contributed by atoms with Crippen molar-refractivity contribution in [3.63, 3.8) is 0 Å². The van der Waals surface area contributed by atoms with Gasteiger partial charge < -0.3 is 4.74 Å². The third-order valence-electron chi connectivity index (χ3n) is 2.18. The van der Waals surface area contributed by atoms with Crippen LogP contribution in [0.1, 0.15) is 22.8 Å². The lowest BCUT2D eigenvalue weighted by Crippen LogP contribution is -1.98. The number of fused-ring (bicyclic) bond motifs is 1. The number of Topliss-reactive ketones (excluding diaryl/α,β-unsaturated/α-hetero) is 1. The molecule has 0 radical (unpaired) electrons. The number of carbonyl (C=O) groups is 1. The molecule has 1 heterocycles. The second kappa shape index (κ2) is 3.04. The first-order chi connectivity index (χ1) is 6.20. The third kappa shape index (κ3) is 1.31. The van der Waals surface area contributed by atoms with Crippen molar-refractivity contribution < 1.29 is 9.53 Å². The van der Waals surface area contributed by atoms with Crippen LogP contribution in [0.2, 0.25) is 5.02 Å². The molecule has 68 valence electrons. The van der Waals surface area contributed by atoms with Crippen LogP contribution in [0.15, 0.2) is 12.1 Å². The Morgan fingerprint density at radius 3 is 3.00 bits per heavy atom. The van der Waals surface area contributed by atoms with Crippen molar-refractivity contribution >= 4 is 17.4 Å². The Morgan fingerprint density at radius 2 is 2.31 bits per heavy atom. The van der Waals surface area contributed by atoms with Gasteiger partial charge in [0.2, 0.25) is 0 Å². The van der Waals surface area contributed by atoms with E-state index in [4.69, 9.17) is 16.3 Å². The van der Waals surface area contributed by atoms with Gasteiger partial charge in [-0.15, -0.1) is 0 Å². The molecular formula is C10H9ClO2. The predicted molar refractivity (Wildman–Crippen MR) is 50.7 cm³/mol. The quantitative estimate of drug-likeness (QED) is 0.645. The fourth-order valence-electron chi connectivity index (χ4n) is 1.63. The smallest absolute Gasteiger partial charge is 0.161 e. The normalized spacial score (nSPS) is 13.7. The molecule has 0 N–H and O–H groups in total. The number of halogens is 1. The molecule has 0 spiro atoms. The minimum absolute atomic E-state index is 0.00681. The molecule has 13 heavy (non-hydrogen) atoms. The average molecular weight is 197 g/mol. The monoisotopic (exact) mass is 196 g/mol. The molecular weight excluding hydrogens is 188 g/mol. The summed E-state index contributed by atoms with van der Waals surface area (Å²) in [6.07, 6.45) is 0.783. The molecule has 0 amide bonds. The van der Waals surface area contributed by atoms with Crippen LogP contribution in [0.25, 0.3) is 0 Å². The Kier molecular flexibility index (Phi) is 2.00. The molecule has 0 aliphatic carbocycles. The average Bonchev–Trinajstić information content (AvgIpc) is 2.50. The summed E-state index contributed by atoms with van der Waals surface area (Å²) >= 11 is 5.93. The van der Waals surface area contributed by atoms with Gasteiger partial charge in [0.15, 0.2) is 5.78 Å². The van der Waals surface area contributed by atoms with Gasteiger partial charge in [0.1, 0.15) is 5.75 Å². The van der Waals surface area contributed by atoms with E-state index in [-0.39, 0.29) is 5.78 Å². The van der Waals surface area contributed by atoms with Crippen molar-refractivity contribution in [2.45, 2.75) is 13.3 Å². The Bertz CT molecular complexity index is 371. The molecule has 0 aromatic heterocycles. The highest BCUT2D eigenvalue weighted by Gasteiger charge is 2.20. The number of ketones is 1. The number of hydrogen-bond acceptors (Lipinski definition) is 2. The summed E-state index contributed by atoms with van der Waals surface area (Å²) in [5.74, 6) is 0.807. The van der Waals surface area contributed by atoms with Gasteiger partial charge in [-0.1, -0.05) is 11.6 Å². The van der Waals surface area contributed by atoms with E-state index in [1.165, 1.54) is 6.92 Å². The maximum atomic E-state index is 11.3. The standard InChI is InChI=1S/C10H9ClO2/c1-6(12)10-7-4-5-13-9(7)3-2-8(10)11/h2-3H,4-5H2,1H3. The third-order valence-corrected chi connectivity index (χ3v) is 2.50. The molecule has 1 aromatic carbocycles. The van der Waals surface area contributed by atoms with E-state index in [0.717, 1.165) is 17.7 Å². The molecule has 0 unspecified atom stereocenters. The predicted octanol–water partition coefficient (Wildman–Crippen LogP) is 2.48. The minimum Gasteiger partial charge on any atom is -0.493 e. The van der Waals surface area contributed by atoms with Gasteiger partial charge in [-0.25, -0.2) is 0 Å². The summed E-state index contributed by atoms with van der Waals surface area (Å²) < 4.78 is 5.33. The lowest BCUT2D eigenvalue weighted by molar-refractivity contribution is 0.101.